The van der Waals surface area contributed by atoms with E-state index >= 15 is 0 Å². The lowest BCUT2D eigenvalue weighted by Gasteiger charge is -2.26. The minimum absolute atomic E-state index is 0.308. The molecule has 0 aliphatic heterocycles. The maximum atomic E-state index is 13.3. The molecule has 1 amide bonds. The number of ether oxygens (including phenoxy) is 2. The number of carbonyl (C=O) groups excluding carboxylic acids is 2. The van der Waals surface area contributed by atoms with E-state index in [1.165, 1.54) is 19.1 Å². The molecule has 0 radical (unpaired) electrons. The van der Waals surface area contributed by atoms with E-state index in [9.17, 15) is 14.0 Å². The second-order valence-electron chi connectivity index (χ2n) is 7.84. The van der Waals surface area contributed by atoms with Crippen molar-refractivity contribution in [2.45, 2.75) is 26.0 Å². The molecule has 1 heterocycles. The van der Waals surface area contributed by atoms with Crippen molar-refractivity contribution in [1.29, 1.82) is 0 Å². The summed E-state index contributed by atoms with van der Waals surface area (Å²) in [5.74, 6) is -0.644. The zero-order chi connectivity index (χ0) is 24.1. The van der Waals surface area contributed by atoms with Gasteiger partial charge in [-0.2, -0.15) is 5.10 Å². The molecule has 34 heavy (non-hydrogen) atoms. The Bertz CT molecular complexity index is 1290. The first-order chi connectivity index (χ1) is 16.4. The van der Waals surface area contributed by atoms with Gasteiger partial charge in [-0.3, -0.25) is 9.59 Å². The smallest absolute Gasteiger partial charge is 0.303 e. The number of nitrogens with one attached hydrogen (secondary N) is 1. The van der Waals surface area contributed by atoms with Crippen LogP contribution in [0.2, 0.25) is 0 Å². The van der Waals surface area contributed by atoms with Gasteiger partial charge in [0.05, 0.1) is 23.4 Å². The summed E-state index contributed by atoms with van der Waals surface area (Å²) in [6.07, 6.45) is 1.22. The molecular weight excluding hydrogens is 437 g/mol. The first kappa shape index (κ1) is 23.0. The van der Waals surface area contributed by atoms with Gasteiger partial charge in [0.2, 0.25) is 0 Å². The Hall–Kier alpha value is -4.20. The van der Waals surface area contributed by atoms with Crippen LogP contribution in [0.25, 0.3) is 16.6 Å². The molecule has 0 saturated carbocycles. The van der Waals surface area contributed by atoms with Crippen LogP contribution in [0.3, 0.4) is 0 Å². The minimum atomic E-state index is -0.520. The molecule has 0 saturated heterocycles. The van der Waals surface area contributed by atoms with Crippen LogP contribution < -0.4 is 10.1 Å². The Morgan fingerprint density at radius 2 is 1.79 bits per heavy atom. The minimum Gasteiger partial charge on any atom is -0.484 e. The highest BCUT2D eigenvalue weighted by molar-refractivity contribution is 5.82. The summed E-state index contributed by atoms with van der Waals surface area (Å²) in [7, 11) is 0. The lowest BCUT2D eigenvalue weighted by Crippen LogP contribution is -2.41. The number of halogens is 1. The molecule has 7 nitrogen and oxygen atoms in total. The number of fused-ring (bicyclic) bond motifs is 1. The molecule has 0 aliphatic carbocycles. The predicted molar refractivity (Wildman–Crippen MR) is 125 cm³/mol. The van der Waals surface area contributed by atoms with Gasteiger partial charge in [0.15, 0.2) is 6.61 Å². The standard InChI is InChI=1S/C26H24FN3O4/c1-17(29-25(32)16-33-18(2)31)26(19-6-4-3-5-7-19)34-23-12-13-24-20(14-23)15-28-30(24)22-10-8-21(27)9-11-22/h3-15,17,26H,16H2,1-2H3,(H,29,32)/t17-,26-/m0/s1. The summed E-state index contributed by atoms with van der Waals surface area (Å²) in [4.78, 5) is 23.2. The number of benzene rings is 3. The van der Waals surface area contributed by atoms with Gasteiger partial charge in [-0.1, -0.05) is 30.3 Å². The van der Waals surface area contributed by atoms with Crippen LogP contribution >= 0.6 is 0 Å². The molecule has 0 aliphatic rings. The SMILES string of the molecule is CC(=O)OCC(=O)N[C@@H](C)[C@H](Oc1ccc2c(cnn2-c2ccc(F)cc2)c1)c1ccccc1. The molecule has 2 atom stereocenters. The fourth-order valence-electron chi connectivity index (χ4n) is 3.66. The molecule has 0 spiro atoms. The van der Waals surface area contributed by atoms with Gasteiger partial charge >= 0.3 is 5.97 Å². The fourth-order valence-corrected chi connectivity index (χ4v) is 3.66. The Morgan fingerprint density at radius 1 is 1.06 bits per heavy atom. The van der Waals surface area contributed by atoms with Crippen LogP contribution in [0.1, 0.15) is 25.5 Å². The summed E-state index contributed by atoms with van der Waals surface area (Å²) in [5.41, 5.74) is 2.47. The van der Waals surface area contributed by atoms with E-state index in [0.717, 1.165) is 22.2 Å². The molecule has 1 N–H and O–H groups in total. The number of esters is 1. The monoisotopic (exact) mass is 461 g/mol. The van der Waals surface area contributed by atoms with Crippen molar-refractivity contribution in [3.05, 3.63) is 90.4 Å². The van der Waals surface area contributed by atoms with E-state index in [2.05, 4.69) is 10.4 Å². The average molecular weight is 461 g/mol. The van der Waals surface area contributed by atoms with Gasteiger partial charge in [0.25, 0.3) is 5.91 Å². The summed E-state index contributed by atoms with van der Waals surface area (Å²) >= 11 is 0. The second-order valence-corrected chi connectivity index (χ2v) is 7.84. The van der Waals surface area contributed by atoms with E-state index in [1.54, 1.807) is 23.0 Å². The largest absolute Gasteiger partial charge is 0.484 e. The molecule has 174 valence electrons. The summed E-state index contributed by atoms with van der Waals surface area (Å²) in [6.45, 7) is 2.73. The van der Waals surface area contributed by atoms with E-state index in [1.807, 2.05) is 55.5 Å². The number of hydrogen-bond acceptors (Lipinski definition) is 5. The van der Waals surface area contributed by atoms with Crippen molar-refractivity contribution in [1.82, 2.24) is 15.1 Å². The van der Waals surface area contributed by atoms with Gasteiger partial charge in [0.1, 0.15) is 17.7 Å². The highest BCUT2D eigenvalue weighted by atomic mass is 19.1. The molecule has 4 aromatic rings. The molecule has 0 unspecified atom stereocenters. The lowest BCUT2D eigenvalue weighted by atomic mass is 10.0. The maximum absolute atomic E-state index is 13.3. The Kier molecular flexibility index (Phi) is 6.87. The summed E-state index contributed by atoms with van der Waals surface area (Å²) < 4.78 is 26.1. The molecule has 4 rings (SSSR count). The van der Waals surface area contributed by atoms with Crippen LogP contribution in [0.5, 0.6) is 5.75 Å². The third-order valence-electron chi connectivity index (χ3n) is 5.25. The molecular formula is C26H24FN3O4. The Morgan fingerprint density at radius 3 is 2.50 bits per heavy atom. The van der Waals surface area contributed by atoms with Gasteiger partial charge in [-0.15, -0.1) is 0 Å². The van der Waals surface area contributed by atoms with Crippen LogP contribution in [-0.2, 0) is 14.3 Å². The number of amides is 1. The van der Waals surface area contributed by atoms with Crippen molar-refractivity contribution in [2.75, 3.05) is 6.61 Å². The van der Waals surface area contributed by atoms with Gasteiger partial charge < -0.3 is 14.8 Å². The third-order valence-corrected chi connectivity index (χ3v) is 5.25. The fraction of sp³-hybridized carbons (Fsp3) is 0.192. The number of rotatable bonds is 8. The molecule has 8 heteroatoms. The number of nitrogens with zero attached hydrogens (tertiary/aromatic N) is 2. The van der Waals surface area contributed by atoms with E-state index < -0.39 is 24.0 Å². The van der Waals surface area contributed by atoms with E-state index in [0.29, 0.717) is 5.75 Å². The van der Waals surface area contributed by atoms with Gasteiger partial charge in [-0.25, -0.2) is 9.07 Å². The normalized spacial score (nSPS) is 12.7. The molecule has 1 aromatic heterocycles. The first-order valence-corrected chi connectivity index (χ1v) is 10.8. The summed E-state index contributed by atoms with van der Waals surface area (Å²) in [6, 6.07) is 20.8. The lowest BCUT2D eigenvalue weighted by molar-refractivity contribution is -0.146. The zero-order valence-electron chi connectivity index (χ0n) is 18.8. The number of hydrogen-bond donors (Lipinski definition) is 1. The highest BCUT2D eigenvalue weighted by Gasteiger charge is 2.23. The van der Waals surface area contributed by atoms with E-state index in [-0.39, 0.29) is 12.4 Å². The quantitative estimate of drug-likeness (QED) is 0.395. The summed E-state index contributed by atoms with van der Waals surface area (Å²) in [5, 5.41) is 8.10. The van der Waals surface area contributed by atoms with E-state index in [4.69, 9.17) is 9.47 Å². The Labute approximate surface area is 196 Å². The average Bonchev–Trinajstić information content (AvgIpc) is 3.25. The predicted octanol–water partition coefficient (Wildman–Crippen LogP) is 4.35. The Balaban J connectivity index is 1.57. The van der Waals surface area contributed by atoms with Crippen LogP contribution in [0.15, 0.2) is 79.0 Å². The third kappa shape index (κ3) is 5.40. The van der Waals surface area contributed by atoms with Crippen molar-refractivity contribution in [3.63, 3.8) is 0 Å². The van der Waals surface area contributed by atoms with Crippen LogP contribution in [0.4, 0.5) is 4.39 Å². The zero-order valence-corrected chi connectivity index (χ0v) is 18.8. The second kappa shape index (κ2) is 10.2. The maximum Gasteiger partial charge on any atom is 0.303 e. The van der Waals surface area contributed by atoms with Crippen molar-refractivity contribution in [2.24, 2.45) is 0 Å². The topological polar surface area (TPSA) is 82.5 Å². The van der Waals surface area contributed by atoms with Crippen molar-refractivity contribution >= 4 is 22.8 Å². The molecule has 0 fully saturated rings. The molecule has 3 aromatic carbocycles. The van der Waals surface area contributed by atoms with Crippen molar-refractivity contribution in [3.8, 4) is 11.4 Å². The molecule has 0 bridgehead atoms. The van der Waals surface area contributed by atoms with Gasteiger partial charge in [-0.05, 0) is 55.0 Å². The first-order valence-electron chi connectivity index (χ1n) is 10.8. The number of aromatic nitrogens is 2. The van der Waals surface area contributed by atoms with Gasteiger partial charge in [0, 0.05) is 12.3 Å². The van der Waals surface area contributed by atoms with Crippen LogP contribution in [0, 0.1) is 5.82 Å². The highest BCUT2D eigenvalue weighted by Crippen LogP contribution is 2.29. The van der Waals surface area contributed by atoms with Crippen molar-refractivity contribution < 1.29 is 23.5 Å². The van der Waals surface area contributed by atoms with Crippen LogP contribution in [-0.4, -0.2) is 34.3 Å². The number of carbonyl (C=O) groups is 2.